The quantitative estimate of drug-likeness (QED) is 0.787. The van der Waals surface area contributed by atoms with Crippen LogP contribution in [0, 0.1) is 25.5 Å². The molecule has 0 amide bonds. The third-order valence-electron chi connectivity index (χ3n) is 2.77. The van der Waals surface area contributed by atoms with Crippen LogP contribution < -0.4 is 5.32 Å². The van der Waals surface area contributed by atoms with Crippen LogP contribution in [0.25, 0.3) is 0 Å². The zero-order valence-electron chi connectivity index (χ0n) is 10.7. The van der Waals surface area contributed by atoms with Gasteiger partial charge in [0.25, 0.3) is 0 Å². The number of benzene rings is 2. The highest BCUT2D eigenvalue weighted by Gasteiger charge is 2.08. The molecule has 0 aliphatic rings. The lowest BCUT2D eigenvalue weighted by Crippen LogP contribution is -2.02. The van der Waals surface area contributed by atoms with E-state index < -0.39 is 11.6 Å². The number of aryl methyl sites for hydroxylation is 2. The number of anilines is 1. The van der Waals surface area contributed by atoms with Gasteiger partial charge in [0.1, 0.15) is 11.6 Å². The van der Waals surface area contributed by atoms with Crippen LogP contribution >= 0.6 is 15.9 Å². The first-order valence-corrected chi connectivity index (χ1v) is 6.70. The smallest absolute Gasteiger partial charge is 0.149 e. The second kappa shape index (κ2) is 5.70. The Balaban J connectivity index is 2.16. The van der Waals surface area contributed by atoms with E-state index in [2.05, 4.69) is 27.3 Å². The molecular formula is C15H14BrF2N. The first kappa shape index (κ1) is 14.0. The Bertz CT molecular complexity index is 591. The minimum absolute atomic E-state index is 0.247. The number of hydrogen-bond donors (Lipinski definition) is 1. The Hall–Kier alpha value is -1.42. The van der Waals surface area contributed by atoms with Crippen molar-refractivity contribution in [1.82, 2.24) is 0 Å². The van der Waals surface area contributed by atoms with Crippen LogP contribution in [-0.4, -0.2) is 0 Å². The molecule has 2 aromatic carbocycles. The van der Waals surface area contributed by atoms with Gasteiger partial charge >= 0.3 is 0 Å². The highest BCUT2D eigenvalue weighted by molar-refractivity contribution is 9.10. The summed E-state index contributed by atoms with van der Waals surface area (Å²) in [6.07, 6.45) is 0. The molecule has 2 aromatic rings. The molecule has 0 aromatic heterocycles. The van der Waals surface area contributed by atoms with E-state index in [0.29, 0.717) is 6.54 Å². The van der Waals surface area contributed by atoms with Crippen molar-refractivity contribution < 1.29 is 8.78 Å². The zero-order chi connectivity index (χ0) is 14.0. The highest BCUT2D eigenvalue weighted by atomic mass is 79.9. The lowest BCUT2D eigenvalue weighted by Gasteiger charge is -2.10. The van der Waals surface area contributed by atoms with Gasteiger partial charge in [-0.3, -0.25) is 0 Å². The van der Waals surface area contributed by atoms with Gasteiger partial charge in [0, 0.05) is 12.6 Å². The van der Waals surface area contributed by atoms with E-state index in [-0.39, 0.29) is 10.2 Å². The molecule has 0 radical (unpaired) electrons. The van der Waals surface area contributed by atoms with Crippen molar-refractivity contribution in [1.29, 1.82) is 0 Å². The standard InChI is InChI=1S/C15H14BrF2N/c1-9-3-10(2)5-11(4-9)8-19-15-6-12(16)13(17)7-14(15)18/h3-7,19H,8H2,1-2H3. The van der Waals surface area contributed by atoms with Gasteiger partial charge in [-0.25, -0.2) is 8.78 Å². The van der Waals surface area contributed by atoms with Crippen LogP contribution in [0.4, 0.5) is 14.5 Å². The van der Waals surface area contributed by atoms with E-state index in [4.69, 9.17) is 0 Å². The molecule has 1 N–H and O–H groups in total. The fourth-order valence-corrected chi connectivity index (χ4v) is 2.37. The van der Waals surface area contributed by atoms with Gasteiger partial charge in [-0.1, -0.05) is 29.3 Å². The predicted octanol–water partition coefficient (Wildman–Crippen LogP) is 4.96. The van der Waals surface area contributed by atoms with Crippen LogP contribution in [0.1, 0.15) is 16.7 Å². The molecule has 0 bridgehead atoms. The van der Waals surface area contributed by atoms with E-state index in [1.54, 1.807) is 0 Å². The van der Waals surface area contributed by atoms with E-state index in [9.17, 15) is 8.78 Å². The molecule has 0 aliphatic carbocycles. The van der Waals surface area contributed by atoms with Gasteiger partial charge in [-0.05, 0) is 41.4 Å². The molecule has 4 heteroatoms. The van der Waals surface area contributed by atoms with Gasteiger partial charge in [0.15, 0.2) is 0 Å². The maximum absolute atomic E-state index is 13.6. The Labute approximate surface area is 119 Å². The van der Waals surface area contributed by atoms with Gasteiger partial charge in [-0.15, -0.1) is 0 Å². The first-order chi connectivity index (χ1) is 8.95. The molecule has 0 spiro atoms. The topological polar surface area (TPSA) is 12.0 Å². The molecule has 2 rings (SSSR count). The van der Waals surface area contributed by atoms with Crippen molar-refractivity contribution in [2.24, 2.45) is 0 Å². The summed E-state index contributed by atoms with van der Waals surface area (Å²) in [5, 5.41) is 2.98. The summed E-state index contributed by atoms with van der Waals surface area (Å²) in [6.45, 7) is 4.54. The van der Waals surface area contributed by atoms with Crippen molar-refractivity contribution in [2.45, 2.75) is 20.4 Å². The molecule has 19 heavy (non-hydrogen) atoms. The van der Waals surface area contributed by atoms with E-state index >= 15 is 0 Å². The van der Waals surface area contributed by atoms with Crippen LogP contribution in [0.3, 0.4) is 0 Å². The molecule has 0 atom stereocenters. The van der Waals surface area contributed by atoms with Crippen LogP contribution in [-0.2, 0) is 6.54 Å². The van der Waals surface area contributed by atoms with Crippen molar-refractivity contribution in [3.63, 3.8) is 0 Å². The maximum Gasteiger partial charge on any atom is 0.149 e. The molecule has 0 heterocycles. The molecule has 0 saturated heterocycles. The Morgan fingerprint density at radius 3 is 2.21 bits per heavy atom. The van der Waals surface area contributed by atoms with Crippen molar-refractivity contribution in [3.8, 4) is 0 Å². The predicted molar refractivity (Wildman–Crippen MR) is 77.3 cm³/mol. The third-order valence-corrected chi connectivity index (χ3v) is 3.38. The molecule has 0 saturated carbocycles. The summed E-state index contributed by atoms with van der Waals surface area (Å²) in [5.41, 5.74) is 3.68. The fourth-order valence-electron chi connectivity index (χ4n) is 2.03. The fraction of sp³-hybridized carbons (Fsp3) is 0.200. The molecule has 100 valence electrons. The summed E-state index contributed by atoms with van der Waals surface area (Å²) in [4.78, 5) is 0. The normalized spacial score (nSPS) is 10.6. The van der Waals surface area contributed by atoms with Crippen molar-refractivity contribution >= 4 is 21.6 Å². The number of halogens is 3. The zero-order valence-corrected chi connectivity index (χ0v) is 12.3. The SMILES string of the molecule is Cc1cc(C)cc(CNc2cc(Br)c(F)cc2F)c1. The summed E-state index contributed by atoms with van der Waals surface area (Å²) in [5.74, 6) is -1.19. The van der Waals surface area contributed by atoms with E-state index in [1.165, 1.54) is 6.07 Å². The lowest BCUT2D eigenvalue weighted by atomic mass is 10.1. The molecule has 0 fully saturated rings. The van der Waals surface area contributed by atoms with Crippen LogP contribution in [0.5, 0.6) is 0 Å². The molecular weight excluding hydrogens is 312 g/mol. The molecule has 1 nitrogen and oxygen atoms in total. The number of rotatable bonds is 3. The van der Waals surface area contributed by atoms with E-state index in [0.717, 1.165) is 22.8 Å². The van der Waals surface area contributed by atoms with Gasteiger partial charge in [0.2, 0.25) is 0 Å². The molecule has 0 aliphatic heterocycles. The van der Waals surface area contributed by atoms with Crippen molar-refractivity contribution in [2.75, 3.05) is 5.32 Å². The lowest BCUT2D eigenvalue weighted by molar-refractivity contribution is 0.580. The summed E-state index contributed by atoms with van der Waals surface area (Å²) in [7, 11) is 0. The van der Waals surface area contributed by atoms with Crippen LogP contribution in [0.15, 0.2) is 34.8 Å². The Kier molecular flexibility index (Phi) is 4.20. The minimum Gasteiger partial charge on any atom is -0.379 e. The van der Waals surface area contributed by atoms with Crippen LogP contribution in [0.2, 0.25) is 0 Å². The number of hydrogen-bond acceptors (Lipinski definition) is 1. The second-order valence-electron chi connectivity index (χ2n) is 4.60. The average Bonchev–Trinajstić information content (AvgIpc) is 2.31. The monoisotopic (exact) mass is 325 g/mol. The summed E-state index contributed by atoms with van der Waals surface area (Å²) >= 11 is 3.05. The summed E-state index contributed by atoms with van der Waals surface area (Å²) in [6, 6.07) is 8.44. The Morgan fingerprint density at radius 2 is 1.58 bits per heavy atom. The first-order valence-electron chi connectivity index (χ1n) is 5.91. The number of nitrogens with one attached hydrogen (secondary N) is 1. The average molecular weight is 326 g/mol. The van der Waals surface area contributed by atoms with Crippen molar-refractivity contribution in [3.05, 3.63) is 63.1 Å². The second-order valence-corrected chi connectivity index (χ2v) is 5.45. The van der Waals surface area contributed by atoms with Gasteiger partial charge in [0.05, 0.1) is 10.2 Å². The molecule has 0 unspecified atom stereocenters. The highest BCUT2D eigenvalue weighted by Crippen LogP contribution is 2.24. The van der Waals surface area contributed by atoms with Gasteiger partial charge in [-0.2, -0.15) is 0 Å². The third kappa shape index (κ3) is 3.53. The maximum atomic E-state index is 13.6. The summed E-state index contributed by atoms with van der Waals surface area (Å²) < 4.78 is 26.9. The minimum atomic E-state index is -0.602. The van der Waals surface area contributed by atoms with Gasteiger partial charge < -0.3 is 5.32 Å². The Morgan fingerprint density at radius 1 is 0.947 bits per heavy atom. The van der Waals surface area contributed by atoms with E-state index in [1.807, 2.05) is 26.0 Å². The largest absolute Gasteiger partial charge is 0.379 e.